The molecular formula is C12H11NO3S. The third-order valence-corrected chi connectivity index (χ3v) is 3.52. The summed E-state index contributed by atoms with van der Waals surface area (Å²) in [4.78, 5) is 14.7. The number of carbonyl (C=O) groups is 1. The Bertz CT molecular complexity index is 577. The van der Waals surface area contributed by atoms with Crippen LogP contribution in [0.25, 0.3) is 10.9 Å². The van der Waals surface area contributed by atoms with Crippen LogP contribution in [0.1, 0.15) is 5.56 Å². The third-order valence-electron chi connectivity index (χ3n) is 2.32. The molecule has 88 valence electrons. The third kappa shape index (κ3) is 2.88. The van der Waals surface area contributed by atoms with E-state index >= 15 is 0 Å². The molecule has 1 aromatic heterocycles. The highest BCUT2D eigenvalue weighted by Crippen LogP contribution is 2.17. The lowest BCUT2D eigenvalue weighted by Gasteiger charge is -2.04. The number of aliphatic carboxylic acids is 1. The van der Waals surface area contributed by atoms with Gasteiger partial charge >= 0.3 is 5.97 Å². The standard InChI is InChI=1S/C12H11NO3S/c14-11(15)8-17(16)7-10-4-1-3-9-5-2-6-13-12(9)10/h1-6H,7-8H2,(H,14,15). The molecule has 0 amide bonds. The molecule has 1 aromatic carbocycles. The second-order valence-corrected chi connectivity index (χ2v) is 5.07. The first-order chi connectivity index (χ1) is 8.16. The predicted molar refractivity (Wildman–Crippen MR) is 66.1 cm³/mol. The maximum Gasteiger partial charge on any atom is 0.316 e. The summed E-state index contributed by atoms with van der Waals surface area (Å²) >= 11 is 0. The Balaban J connectivity index is 2.30. The minimum absolute atomic E-state index is 0.223. The minimum atomic E-state index is -1.40. The molecule has 0 spiro atoms. The zero-order valence-corrected chi connectivity index (χ0v) is 9.81. The summed E-state index contributed by atoms with van der Waals surface area (Å²) in [5.41, 5.74) is 1.61. The molecule has 0 fully saturated rings. The summed E-state index contributed by atoms with van der Waals surface area (Å²) in [6.07, 6.45) is 1.67. The topological polar surface area (TPSA) is 67.3 Å². The number of carboxylic acid groups (broad SMARTS) is 1. The van der Waals surface area contributed by atoms with Crippen molar-refractivity contribution >= 4 is 27.7 Å². The van der Waals surface area contributed by atoms with Gasteiger partial charge in [-0.05, 0) is 11.6 Å². The number of rotatable bonds is 4. The molecule has 17 heavy (non-hydrogen) atoms. The summed E-state index contributed by atoms with van der Waals surface area (Å²) in [6, 6.07) is 9.37. The van der Waals surface area contributed by atoms with Gasteiger partial charge in [-0.1, -0.05) is 24.3 Å². The molecule has 1 heterocycles. The molecule has 0 aliphatic rings. The van der Waals surface area contributed by atoms with Gasteiger partial charge in [-0.3, -0.25) is 14.0 Å². The number of fused-ring (bicyclic) bond motifs is 1. The van der Waals surface area contributed by atoms with E-state index in [1.165, 1.54) is 0 Å². The van der Waals surface area contributed by atoms with E-state index in [2.05, 4.69) is 4.98 Å². The molecule has 5 heteroatoms. The van der Waals surface area contributed by atoms with E-state index in [9.17, 15) is 9.00 Å². The quantitative estimate of drug-likeness (QED) is 0.893. The van der Waals surface area contributed by atoms with Gasteiger partial charge in [-0.2, -0.15) is 0 Å². The van der Waals surface area contributed by atoms with Crippen molar-refractivity contribution in [3.63, 3.8) is 0 Å². The van der Waals surface area contributed by atoms with Crippen molar-refractivity contribution in [2.45, 2.75) is 5.75 Å². The van der Waals surface area contributed by atoms with E-state index in [1.54, 1.807) is 6.20 Å². The van der Waals surface area contributed by atoms with E-state index in [1.807, 2.05) is 30.3 Å². The minimum Gasteiger partial charge on any atom is -0.481 e. The van der Waals surface area contributed by atoms with E-state index in [0.717, 1.165) is 16.5 Å². The highest BCUT2D eigenvalue weighted by molar-refractivity contribution is 7.84. The Labute approximate surface area is 101 Å². The summed E-state index contributed by atoms with van der Waals surface area (Å²) in [7, 11) is -1.40. The van der Waals surface area contributed by atoms with Crippen LogP contribution in [-0.4, -0.2) is 26.0 Å². The fourth-order valence-corrected chi connectivity index (χ4v) is 2.60. The van der Waals surface area contributed by atoms with Crippen molar-refractivity contribution in [3.8, 4) is 0 Å². The molecule has 1 N–H and O–H groups in total. The van der Waals surface area contributed by atoms with Gasteiger partial charge in [0, 0.05) is 22.4 Å². The summed E-state index contributed by atoms with van der Waals surface area (Å²) in [5.74, 6) is -1.15. The van der Waals surface area contributed by atoms with Crippen LogP contribution >= 0.6 is 0 Å². The van der Waals surface area contributed by atoms with Crippen molar-refractivity contribution in [2.24, 2.45) is 0 Å². The number of benzene rings is 1. The van der Waals surface area contributed by atoms with Crippen LogP contribution in [0.5, 0.6) is 0 Å². The van der Waals surface area contributed by atoms with Gasteiger partial charge < -0.3 is 5.11 Å². The highest BCUT2D eigenvalue weighted by Gasteiger charge is 2.09. The number of hydrogen-bond acceptors (Lipinski definition) is 3. The lowest BCUT2D eigenvalue weighted by molar-refractivity contribution is -0.133. The number of nitrogens with zero attached hydrogens (tertiary/aromatic N) is 1. The maximum atomic E-state index is 11.6. The molecule has 1 unspecified atom stereocenters. The Morgan fingerprint density at radius 3 is 2.82 bits per heavy atom. The molecule has 2 rings (SSSR count). The first kappa shape index (κ1) is 11.7. The van der Waals surface area contributed by atoms with Crippen LogP contribution < -0.4 is 0 Å². The van der Waals surface area contributed by atoms with E-state index in [-0.39, 0.29) is 11.5 Å². The molecule has 0 radical (unpaired) electrons. The van der Waals surface area contributed by atoms with E-state index < -0.39 is 16.8 Å². The average Bonchev–Trinajstić information content (AvgIpc) is 2.28. The van der Waals surface area contributed by atoms with Crippen LogP contribution in [0.4, 0.5) is 0 Å². The van der Waals surface area contributed by atoms with E-state index in [4.69, 9.17) is 5.11 Å². The van der Waals surface area contributed by atoms with Gasteiger partial charge in [0.05, 0.1) is 11.3 Å². The Morgan fingerprint density at radius 2 is 2.06 bits per heavy atom. The highest BCUT2D eigenvalue weighted by atomic mass is 32.2. The fourth-order valence-electron chi connectivity index (χ4n) is 1.65. The zero-order chi connectivity index (χ0) is 12.3. The molecule has 0 bridgehead atoms. The van der Waals surface area contributed by atoms with Gasteiger partial charge in [0.15, 0.2) is 0 Å². The monoisotopic (exact) mass is 249 g/mol. The molecule has 0 saturated heterocycles. The number of aromatic nitrogens is 1. The Hall–Kier alpha value is -1.75. The number of pyridine rings is 1. The van der Waals surface area contributed by atoms with Gasteiger partial charge in [-0.15, -0.1) is 0 Å². The molecule has 2 aromatic rings. The van der Waals surface area contributed by atoms with Crippen molar-refractivity contribution in [1.29, 1.82) is 0 Å². The largest absolute Gasteiger partial charge is 0.481 e. The SMILES string of the molecule is O=C(O)CS(=O)Cc1cccc2cccnc12. The van der Waals surface area contributed by atoms with Gasteiger partial charge in [-0.25, -0.2) is 0 Å². The smallest absolute Gasteiger partial charge is 0.316 e. The molecule has 0 aliphatic heterocycles. The molecular weight excluding hydrogens is 238 g/mol. The normalized spacial score (nSPS) is 12.5. The molecule has 0 saturated carbocycles. The predicted octanol–water partition coefficient (Wildman–Crippen LogP) is 1.57. The van der Waals surface area contributed by atoms with Gasteiger partial charge in [0.25, 0.3) is 0 Å². The van der Waals surface area contributed by atoms with Crippen LogP contribution in [0.3, 0.4) is 0 Å². The number of para-hydroxylation sites is 1. The summed E-state index contributed by atoms with van der Waals surface area (Å²) < 4.78 is 11.6. The number of hydrogen-bond donors (Lipinski definition) is 1. The Morgan fingerprint density at radius 1 is 1.29 bits per heavy atom. The van der Waals surface area contributed by atoms with Crippen LogP contribution in [0.2, 0.25) is 0 Å². The Kier molecular flexibility index (Phi) is 3.49. The van der Waals surface area contributed by atoms with Crippen LogP contribution in [0, 0.1) is 0 Å². The molecule has 4 nitrogen and oxygen atoms in total. The van der Waals surface area contributed by atoms with Gasteiger partial charge in [0.1, 0.15) is 5.75 Å². The van der Waals surface area contributed by atoms with Crippen molar-refractivity contribution in [1.82, 2.24) is 4.98 Å². The average molecular weight is 249 g/mol. The first-order valence-corrected chi connectivity index (χ1v) is 6.55. The number of carboxylic acids is 1. The van der Waals surface area contributed by atoms with E-state index in [0.29, 0.717) is 0 Å². The van der Waals surface area contributed by atoms with Crippen LogP contribution in [0.15, 0.2) is 36.5 Å². The van der Waals surface area contributed by atoms with Crippen molar-refractivity contribution in [2.75, 3.05) is 5.75 Å². The van der Waals surface area contributed by atoms with Crippen LogP contribution in [-0.2, 0) is 21.3 Å². The first-order valence-electron chi connectivity index (χ1n) is 5.06. The molecule has 1 atom stereocenters. The van der Waals surface area contributed by atoms with Crippen molar-refractivity contribution in [3.05, 3.63) is 42.1 Å². The van der Waals surface area contributed by atoms with Gasteiger partial charge in [0.2, 0.25) is 0 Å². The lowest BCUT2D eigenvalue weighted by atomic mass is 10.1. The second kappa shape index (κ2) is 5.05. The maximum absolute atomic E-state index is 11.6. The summed E-state index contributed by atoms with van der Waals surface area (Å²) in [5, 5.41) is 9.54. The van der Waals surface area contributed by atoms with Crippen molar-refractivity contribution < 1.29 is 14.1 Å². The summed E-state index contributed by atoms with van der Waals surface area (Å²) in [6.45, 7) is 0. The second-order valence-electron chi connectivity index (χ2n) is 3.61. The lowest BCUT2D eigenvalue weighted by Crippen LogP contribution is -2.10. The molecule has 0 aliphatic carbocycles. The fraction of sp³-hybridized carbons (Fsp3) is 0.167. The zero-order valence-electron chi connectivity index (χ0n) is 9.00.